The summed E-state index contributed by atoms with van der Waals surface area (Å²) in [4.78, 5) is 11.6. The summed E-state index contributed by atoms with van der Waals surface area (Å²) in [5.41, 5.74) is 0.991. The van der Waals surface area contributed by atoms with Crippen LogP contribution in [0.15, 0.2) is 24.3 Å². The molecule has 0 aromatic heterocycles. The van der Waals surface area contributed by atoms with Crippen molar-refractivity contribution in [3.63, 3.8) is 0 Å². The molecular formula is C13H19ClN2O. The lowest BCUT2D eigenvalue weighted by Crippen LogP contribution is -2.42. The minimum atomic E-state index is -0.147. The maximum atomic E-state index is 11.6. The smallest absolute Gasteiger partial charge is 0.315 e. The van der Waals surface area contributed by atoms with Gasteiger partial charge in [-0.25, -0.2) is 4.79 Å². The van der Waals surface area contributed by atoms with E-state index in [1.54, 1.807) is 0 Å². The second kappa shape index (κ2) is 6.50. The fourth-order valence-corrected chi connectivity index (χ4v) is 1.47. The quantitative estimate of drug-likeness (QED) is 0.851. The Morgan fingerprint density at radius 3 is 2.65 bits per heavy atom. The molecule has 2 N–H and O–H groups in total. The molecular weight excluding hydrogens is 236 g/mol. The van der Waals surface area contributed by atoms with Crippen molar-refractivity contribution >= 4 is 17.6 Å². The molecule has 0 radical (unpaired) electrons. The van der Waals surface area contributed by atoms with E-state index in [0.29, 0.717) is 17.5 Å². The van der Waals surface area contributed by atoms with Crippen molar-refractivity contribution in [3.05, 3.63) is 34.9 Å². The number of hydrogen-bond acceptors (Lipinski definition) is 1. The Morgan fingerprint density at radius 2 is 2.06 bits per heavy atom. The zero-order valence-electron chi connectivity index (χ0n) is 10.5. The Labute approximate surface area is 108 Å². The van der Waals surface area contributed by atoms with Gasteiger partial charge in [-0.1, -0.05) is 37.6 Å². The molecule has 0 bridgehead atoms. The summed E-state index contributed by atoms with van der Waals surface area (Å²) in [7, 11) is 0. The minimum absolute atomic E-state index is 0.147. The number of amides is 2. The maximum Gasteiger partial charge on any atom is 0.315 e. The molecule has 0 aliphatic carbocycles. The normalized spacial score (nSPS) is 12.3. The molecule has 0 heterocycles. The van der Waals surface area contributed by atoms with Crippen molar-refractivity contribution in [2.45, 2.75) is 33.4 Å². The molecule has 4 heteroatoms. The molecule has 1 rings (SSSR count). The van der Waals surface area contributed by atoms with Crippen molar-refractivity contribution in [2.24, 2.45) is 5.92 Å². The first kappa shape index (κ1) is 13.8. The summed E-state index contributed by atoms with van der Waals surface area (Å²) in [5.74, 6) is 0.423. The predicted octanol–water partition coefficient (Wildman–Crippen LogP) is 3.18. The van der Waals surface area contributed by atoms with Crippen LogP contribution in [-0.4, -0.2) is 12.1 Å². The average molecular weight is 255 g/mol. The van der Waals surface area contributed by atoms with Crippen LogP contribution in [0.4, 0.5) is 4.79 Å². The van der Waals surface area contributed by atoms with Gasteiger partial charge in [0.15, 0.2) is 0 Å². The number of urea groups is 1. The van der Waals surface area contributed by atoms with Crippen LogP contribution in [0.3, 0.4) is 0 Å². The van der Waals surface area contributed by atoms with E-state index in [2.05, 4.69) is 24.5 Å². The number of carbonyl (C=O) groups excluding carboxylic acids is 1. The van der Waals surface area contributed by atoms with Crippen LogP contribution in [-0.2, 0) is 6.54 Å². The molecule has 0 saturated heterocycles. The van der Waals surface area contributed by atoms with Crippen molar-refractivity contribution in [2.75, 3.05) is 0 Å². The van der Waals surface area contributed by atoms with E-state index in [9.17, 15) is 4.79 Å². The van der Waals surface area contributed by atoms with Crippen molar-refractivity contribution in [1.29, 1.82) is 0 Å². The third-order valence-corrected chi connectivity index (χ3v) is 2.94. The lowest BCUT2D eigenvalue weighted by Gasteiger charge is -2.17. The topological polar surface area (TPSA) is 41.1 Å². The Balaban J connectivity index is 2.38. The summed E-state index contributed by atoms with van der Waals surface area (Å²) in [6.45, 7) is 6.62. The van der Waals surface area contributed by atoms with Crippen molar-refractivity contribution in [1.82, 2.24) is 10.6 Å². The molecule has 1 aromatic rings. The van der Waals surface area contributed by atoms with Crippen LogP contribution in [0.2, 0.25) is 5.02 Å². The molecule has 94 valence electrons. The third kappa shape index (κ3) is 5.09. The van der Waals surface area contributed by atoms with Gasteiger partial charge in [0.1, 0.15) is 0 Å². The van der Waals surface area contributed by atoms with Gasteiger partial charge in [0.05, 0.1) is 0 Å². The predicted molar refractivity (Wildman–Crippen MR) is 71.1 cm³/mol. The van der Waals surface area contributed by atoms with Gasteiger partial charge in [-0.3, -0.25) is 0 Å². The van der Waals surface area contributed by atoms with E-state index < -0.39 is 0 Å². The van der Waals surface area contributed by atoms with Gasteiger partial charge in [0, 0.05) is 17.6 Å². The van der Waals surface area contributed by atoms with Gasteiger partial charge >= 0.3 is 6.03 Å². The number of halogens is 1. The average Bonchev–Trinajstić information content (AvgIpc) is 2.26. The van der Waals surface area contributed by atoms with Gasteiger partial charge in [0.25, 0.3) is 0 Å². The summed E-state index contributed by atoms with van der Waals surface area (Å²) >= 11 is 5.86. The first-order valence-corrected chi connectivity index (χ1v) is 6.15. The molecule has 3 nitrogen and oxygen atoms in total. The zero-order valence-corrected chi connectivity index (χ0v) is 11.2. The number of benzene rings is 1. The summed E-state index contributed by atoms with van der Waals surface area (Å²) in [6, 6.07) is 7.46. The van der Waals surface area contributed by atoms with Crippen LogP contribution >= 0.6 is 11.6 Å². The molecule has 1 atom stereocenters. The van der Waals surface area contributed by atoms with Crippen LogP contribution in [0, 0.1) is 5.92 Å². The van der Waals surface area contributed by atoms with Crippen LogP contribution < -0.4 is 10.6 Å². The number of nitrogens with one attached hydrogen (secondary N) is 2. The number of rotatable bonds is 4. The molecule has 1 aromatic carbocycles. The van der Waals surface area contributed by atoms with Gasteiger partial charge < -0.3 is 10.6 Å². The second-order valence-corrected chi connectivity index (χ2v) is 4.93. The Kier molecular flexibility index (Phi) is 5.29. The first-order chi connectivity index (χ1) is 7.99. The first-order valence-electron chi connectivity index (χ1n) is 5.78. The molecule has 1 unspecified atom stereocenters. The summed E-state index contributed by atoms with van der Waals surface area (Å²) in [5, 5.41) is 6.37. The van der Waals surface area contributed by atoms with E-state index in [4.69, 9.17) is 11.6 Å². The molecule has 0 aliphatic heterocycles. The van der Waals surface area contributed by atoms with E-state index in [-0.39, 0.29) is 12.1 Å². The van der Waals surface area contributed by atoms with Crippen LogP contribution in [0.1, 0.15) is 26.3 Å². The van der Waals surface area contributed by atoms with E-state index in [1.165, 1.54) is 0 Å². The molecule has 17 heavy (non-hydrogen) atoms. The van der Waals surface area contributed by atoms with E-state index >= 15 is 0 Å². The van der Waals surface area contributed by atoms with Crippen LogP contribution in [0.25, 0.3) is 0 Å². The lowest BCUT2D eigenvalue weighted by molar-refractivity contribution is 0.234. The Morgan fingerprint density at radius 1 is 1.35 bits per heavy atom. The lowest BCUT2D eigenvalue weighted by atomic mass is 10.1. The van der Waals surface area contributed by atoms with Gasteiger partial charge in [0.2, 0.25) is 0 Å². The summed E-state index contributed by atoms with van der Waals surface area (Å²) < 4.78 is 0. The second-order valence-electron chi connectivity index (χ2n) is 4.49. The molecule has 0 spiro atoms. The maximum absolute atomic E-state index is 11.6. The SMILES string of the molecule is CC(C)C(C)NC(=O)NCc1cccc(Cl)c1. The fourth-order valence-electron chi connectivity index (χ4n) is 1.25. The highest BCUT2D eigenvalue weighted by molar-refractivity contribution is 6.30. The van der Waals surface area contributed by atoms with E-state index in [0.717, 1.165) is 5.56 Å². The van der Waals surface area contributed by atoms with Gasteiger partial charge in [-0.05, 0) is 30.5 Å². The van der Waals surface area contributed by atoms with Crippen LogP contribution in [0.5, 0.6) is 0 Å². The summed E-state index contributed by atoms with van der Waals surface area (Å²) in [6.07, 6.45) is 0. The number of hydrogen-bond donors (Lipinski definition) is 2. The molecule has 0 fully saturated rings. The van der Waals surface area contributed by atoms with Crippen molar-refractivity contribution in [3.8, 4) is 0 Å². The highest BCUT2D eigenvalue weighted by Crippen LogP contribution is 2.10. The fraction of sp³-hybridized carbons (Fsp3) is 0.462. The molecule has 0 aliphatic rings. The monoisotopic (exact) mass is 254 g/mol. The Hall–Kier alpha value is -1.22. The largest absolute Gasteiger partial charge is 0.335 e. The Bertz CT molecular complexity index is 379. The third-order valence-electron chi connectivity index (χ3n) is 2.70. The number of carbonyl (C=O) groups is 1. The minimum Gasteiger partial charge on any atom is -0.335 e. The van der Waals surface area contributed by atoms with E-state index in [1.807, 2.05) is 31.2 Å². The molecule has 2 amide bonds. The standard InChI is InChI=1S/C13H19ClN2O/c1-9(2)10(3)16-13(17)15-8-11-5-4-6-12(14)7-11/h4-7,9-10H,8H2,1-3H3,(H2,15,16,17). The zero-order chi connectivity index (χ0) is 12.8. The highest BCUT2D eigenvalue weighted by atomic mass is 35.5. The molecule has 0 saturated carbocycles. The van der Waals surface area contributed by atoms with Gasteiger partial charge in [-0.15, -0.1) is 0 Å². The van der Waals surface area contributed by atoms with Gasteiger partial charge in [-0.2, -0.15) is 0 Å². The van der Waals surface area contributed by atoms with Crippen molar-refractivity contribution < 1.29 is 4.79 Å². The highest BCUT2D eigenvalue weighted by Gasteiger charge is 2.09.